The van der Waals surface area contributed by atoms with Crippen LogP contribution in [0.25, 0.3) is 22.5 Å². The molecule has 0 unspecified atom stereocenters. The summed E-state index contributed by atoms with van der Waals surface area (Å²) in [6.45, 7) is 2.14. The van der Waals surface area contributed by atoms with Gasteiger partial charge in [-0.05, 0) is 28.7 Å². The van der Waals surface area contributed by atoms with E-state index in [9.17, 15) is 4.79 Å². The van der Waals surface area contributed by atoms with Crippen molar-refractivity contribution in [3.05, 3.63) is 72.1 Å². The molecule has 0 aliphatic heterocycles. The molecule has 2 aromatic carbocycles. The van der Waals surface area contributed by atoms with Gasteiger partial charge in [-0.3, -0.25) is 4.79 Å². The number of hydrogen-bond donors (Lipinski definition) is 1. The van der Waals surface area contributed by atoms with E-state index in [1.807, 2.05) is 60.9 Å². The van der Waals surface area contributed by atoms with Crippen LogP contribution < -0.4 is 0 Å². The molecule has 3 rings (SSSR count). The standard InChI is InChI=1S/C21H20N2O2/c1-2-3-16-13-22-21(23-14-16)19-10-8-18(9-11-19)17-6-4-15(5-7-17)12-20(24)25/h4-11,13-14H,2-3,12H2,1H3,(H,24,25). The van der Waals surface area contributed by atoms with Crippen molar-refractivity contribution in [2.45, 2.75) is 26.2 Å². The highest BCUT2D eigenvalue weighted by Gasteiger charge is 2.04. The van der Waals surface area contributed by atoms with E-state index in [1.165, 1.54) is 0 Å². The minimum atomic E-state index is -0.818. The van der Waals surface area contributed by atoms with Gasteiger partial charge in [-0.1, -0.05) is 61.9 Å². The third-order valence-electron chi connectivity index (χ3n) is 4.03. The molecule has 1 aromatic heterocycles. The first-order valence-electron chi connectivity index (χ1n) is 8.38. The summed E-state index contributed by atoms with van der Waals surface area (Å²) in [7, 11) is 0. The van der Waals surface area contributed by atoms with Gasteiger partial charge in [-0.15, -0.1) is 0 Å². The molecule has 0 radical (unpaired) electrons. The normalized spacial score (nSPS) is 10.6. The SMILES string of the molecule is CCCc1cnc(-c2ccc(-c3ccc(CC(=O)O)cc3)cc2)nc1. The molecule has 0 aliphatic carbocycles. The number of carbonyl (C=O) groups is 1. The molecule has 126 valence electrons. The van der Waals surface area contributed by atoms with E-state index in [1.54, 1.807) is 0 Å². The van der Waals surface area contributed by atoms with Crippen molar-refractivity contribution in [1.82, 2.24) is 9.97 Å². The average molecular weight is 332 g/mol. The van der Waals surface area contributed by atoms with E-state index in [2.05, 4.69) is 16.9 Å². The fourth-order valence-electron chi connectivity index (χ4n) is 2.72. The fourth-order valence-corrected chi connectivity index (χ4v) is 2.72. The third-order valence-corrected chi connectivity index (χ3v) is 4.03. The Balaban J connectivity index is 1.76. The third kappa shape index (κ3) is 4.29. The van der Waals surface area contributed by atoms with Crippen LogP contribution in [0.4, 0.5) is 0 Å². The minimum Gasteiger partial charge on any atom is -0.481 e. The van der Waals surface area contributed by atoms with Crippen LogP contribution in [-0.2, 0) is 17.6 Å². The lowest BCUT2D eigenvalue weighted by Gasteiger charge is -2.06. The molecule has 0 bridgehead atoms. The van der Waals surface area contributed by atoms with Gasteiger partial charge in [0.2, 0.25) is 0 Å². The topological polar surface area (TPSA) is 63.1 Å². The number of rotatable bonds is 6. The highest BCUT2D eigenvalue weighted by molar-refractivity contribution is 5.72. The first-order chi connectivity index (χ1) is 12.2. The van der Waals surface area contributed by atoms with Crippen LogP contribution in [-0.4, -0.2) is 21.0 Å². The monoisotopic (exact) mass is 332 g/mol. The molecular weight excluding hydrogens is 312 g/mol. The average Bonchev–Trinajstić information content (AvgIpc) is 2.63. The number of carboxylic acid groups (broad SMARTS) is 1. The predicted octanol–water partition coefficient (Wildman–Crippen LogP) is 4.39. The Kier molecular flexibility index (Phi) is 5.19. The fraction of sp³-hybridized carbons (Fsp3) is 0.190. The summed E-state index contributed by atoms with van der Waals surface area (Å²) >= 11 is 0. The van der Waals surface area contributed by atoms with Crippen molar-refractivity contribution in [1.29, 1.82) is 0 Å². The van der Waals surface area contributed by atoms with Crippen LogP contribution in [0.3, 0.4) is 0 Å². The second kappa shape index (κ2) is 7.71. The molecule has 25 heavy (non-hydrogen) atoms. The molecule has 0 saturated heterocycles. The van der Waals surface area contributed by atoms with Gasteiger partial charge in [0.25, 0.3) is 0 Å². The number of aliphatic carboxylic acids is 1. The van der Waals surface area contributed by atoms with Crippen molar-refractivity contribution in [2.24, 2.45) is 0 Å². The molecule has 4 nitrogen and oxygen atoms in total. The Morgan fingerprint density at radius 3 is 1.88 bits per heavy atom. The Morgan fingerprint density at radius 1 is 0.840 bits per heavy atom. The summed E-state index contributed by atoms with van der Waals surface area (Å²) in [5.74, 6) is -0.0923. The van der Waals surface area contributed by atoms with Crippen LogP contribution in [0.5, 0.6) is 0 Å². The molecule has 0 fully saturated rings. The van der Waals surface area contributed by atoms with Gasteiger partial charge in [-0.25, -0.2) is 9.97 Å². The van der Waals surface area contributed by atoms with Crippen molar-refractivity contribution in [3.8, 4) is 22.5 Å². The van der Waals surface area contributed by atoms with Crippen LogP contribution in [0, 0.1) is 0 Å². The highest BCUT2D eigenvalue weighted by atomic mass is 16.4. The van der Waals surface area contributed by atoms with E-state index >= 15 is 0 Å². The molecule has 3 aromatic rings. The Morgan fingerprint density at radius 2 is 1.36 bits per heavy atom. The second-order valence-corrected chi connectivity index (χ2v) is 6.01. The Bertz CT molecular complexity index is 839. The molecule has 1 heterocycles. The molecule has 0 aliphatic rings. The predicted molar refractivity (Wildman–Crippen MR) is 98.2 cm³/mol. The van der Waals surface area contributed by atoms with E-state index < -0.39 is 5.97 Å². The van der Waals surface area contributed by atoms with Gasteiger partial charge in [-0.2, -0.15) is 0 Å². The van der Waals surface area contributed by atoms with Gasteiger partial charge in [0, 0.05) is 18.0 Å². The van der Waals surface area contributed by atoms with Gasteiger partial charge < -0.3 is 5.11 Å². The smallest absolute Gasteiger partial charge is 0.307 e. The van der Waals surface area contributed by atoms with Crippen molar-refractivity contribution in [2.75, 3.05) is 0 Å². The maximum absolute atomic E-state index is 10.7. The maximum atomic E-state index is 10.7. The minimum absolute atomic E-state index is 0.0462. The maximum Gasteiger partial charge on any atom is 0.307 e. The number of aromatic nitrogens is 2. The number of hydrogen-bond acceptors (Lipinski definition) is 3. The summed E-state index contributed by atoms with van der Waals surface area (Å²) in [6, 6.07) is 15.7. The molecule has 0 spiro atoms. The lowest BCUT2D eigenvalue weighted by molar-refractivity contribution is -0.136. The molecule has 0 atom stereocenters. The van der Waals surface area contributed by atoms with Crippen molar-refractivity contribution >= 4 is 5.97 Å². The Hall–Kier alpha value is -3.01. The van der Waals surface area contributed by atoms with Gasteiger partial charge >= 0.3 is 5.97 Å². The number of carboxylic acids is 1. The van der Waals surface area contributed by atoms with Gasteiger partial charge in [0.15, 0.2) is 5.82 Å². The molecule has 0 amide bonds. The van der Waals surface area contributed by atoms with E-state index in [-0.39, 0.29) is 6.42 Å². The van der Waals surface area contributed by atoms with Crippen LogP contribution >= 0.6 is 0 Å². The molecule has 4 heteroatoms. The summed E-state index contributed by atoms with van der Waals surface area (Å²) in [5.41, 5.74) is 5.07. The number of benzene rings is 2. The van der Waals surface area contributed by atoms with E-state index in [4.69, 9.17) is 5.11 Å². The lowest BCUT2D eigenvalue weighted by Crippen LogP contribution is -1.99. The molecular formula is C21H20N2O2. The zero-order chi connectivity index (χ0) is 17.6. The number of aryl methyl sites for hydroxylation is 1. The van der Waals surface area contributed by atoms with Crippen molar-refractivity contribution in [3.63, 3.8) is 0 Å². The summed E-state index contributed by atoms with van der Waals surface area (Å²) < 4.78 is 0. The van der Waals surface area contributed by atoms with Crippen LogP contribution in [0.15, 0.2) is 60.9 Å². The zero-order valence-electron chi connectivity index (χ0n) is 14.1. The quantitative estimate of drug-likeness (QED) is 0.727. The Labute approximate surface area is 147 Å². The first-order valence-corrected chi connectivity index (χ1v) is 8.38. The molecule has 0 saturated carbocycles. The molecule has 1 N–H and O–H groups in total. The van der Waals surface area contributed by atoms with E-state index in [0.29, 0.717) is 0 Å². The van der Waals surface area contributed by atoms with E-state index in [0.717, 1.165) is 46.5 Å². The van der Waals surface area contributed by atoms with Gasteiger partial charge in [0.05, 0.1) is 6.42 Å². The number of nitrogens with zero attached hydrogens (tertiary/aromatic N) is 2. The lowest BCUT2D eigenvalue weighted by atomic mass is 10.0. The largest absolute Gasteiger partial charge is 0.481 e. The second-order valence-electron chi connectivity index (χ2n) is 6.01. The highest BCUT2D eigenvalue weighted by Crippen LogP contribution is 2.23. The summed E-state index contributed by atoms with van der Waals surface area (Å²) in [6.07, 6.45) is 5.91. The van der Waals surface area contributed by atoms with Crippen LogP contribution in [0.2, 0.25) is 0 Å². The zero-order valence-corrected chi connectivity index (χ0v) is 14.1. The van der Waals surface area contributed by atoms with Crippen LogP contribution in [0.1, 0.15) is 24.5 Å². The summed E-state index contributed by atoms with van der Waals surface area (Å²) in [5, 5.41) is 8.83. The van der Waals surface area contributed by atoms with Crippen molar-refractivity contribution < 1.29 is 9.90 Å². The first kappa shape index (κ1) is 16.8. The van der Waals surface area contributed by atoms with Gasteiger partial charge in [0.1, 0.15) is 0 Å². The summed E-state index contributed by atoms with van der Waals surface area (Å²) in [4.78, 5) is 19.6.